The van der Waals surface area contributed by atoms with Crippen LogP contribution in [0.3, 0.4) is 0 Å². The molecular formula is C15H22N2OS2. The van der Waals surface area contributed by atoms with Gasteiger partial charge in [-0.2, -0.15) is 0 Å². The second-order valence-corrected chi connectivity index (χ2v) is 8.08. The van der Waals surface area contributed by atoms with E-state index in [9.17, 15) is 4.21 Å². The lowest BCUT2D eigenvalue weighted by Gasteiger charge is -2.35. The Kier molecular flexibility index (Phi) is 4.94. The summed E-state index contributed by atoms with van der Waals surface area (Å²) in [5.74, 6) is 0. The number of hydrogen-bond acceptors (Lipinski definition) is 3. The van der Waals surface area contributed by atoms with E-state index in [0.29, 0.717) is 4.34 Å². The van der Waals surface area contributed by atoms with E-state index < -0.39 is 11.0 Å². The molecule has 0 amide bonds. The van der Waals surface area contributed by atoms with E-state index in [0.717, 1.165) is 29.6 Å². The summed E-state index contributed by atoms with van der Waals surface area (Å²) in [7, 11) is -1.18. The van der Waals surface area contributed by atoms with Crippen molar-refractivity contribution in [3.63, 3.8) is 0 Å². The van der Waals surface area contributed by atoms with Crippen molar-refractivity contribution in [3.8, 4) is 0 Å². The summed E-state index contributed by atoms with van der Waals surface area (Å²) in [4.78, 5) is 4.54. The minimum atomic E-state index is -1.18. The molecular weight excluding hydrogens is 288 g/mol. The summed E-state index contributed by atoms with van der Waals surface area (Å²) in [6, 6.07) is 7.96. The second-order valence-electron chi connectivity index (χ2n) is 5.46. The zero-order valence-corrected chi connectivity index (χ0v) is 14.2. The van der Waals surface area contributed by atoms with Gasteiger partial charge in [0.05, 0.1) is 10.2 Å². The van der Waals surface area contributed by atoms with Crippen molar-refractivity contribution in [1.82, 2.24) is 9.29 Å². The van der Waals surface area contributed by atoms with Gasteiger partial charge >= 0.3 is 0 Å². The molecule has 5 heteroatoms. The average Bonchev–Trinajstić information content (AvgIpc) is 2.87. The molecule has 1 atom stereocenters. The van der Waals surface area contributed by atoms with Crippen molar-refractivity contribution in [2.75, 3.05) is 6.54 Å². The molecule has 2 rings (SSSR count). The van der Waals surface area contributed by atoms with Crippen LogP contribution in [0.2, 0.25) is 0 Å². The Morgan fingerprint density at radius 1 is 1.30 bits per heavy atom. The molecule has 0 aliphatic rings. The van der Waals surface area contributed by atoms with Gasteiger partial charge in [0.25, 0.3) is 0 Å². The average molecular weight is 310 g/mol. The number of rotatable bonds is 6. The van der Waals surface area contributed by atoms with E-state index in [1.807, 2.05) is 24.3 Å². The molecule has 0 fully saturated rings. The van der Waals surface area contributed by atoms with Crippen LogP contribution in [0.25, 0.3) is 10.2 Å². The number of nitrogens with zero attached hydrogens (tertiary/aromatic N) is 2. The summed E-state index contributed by atoms with van der Waals surface area (Å²) < 4.78 is 16.8. The Hall–Kier alpha value is -0.780. The second kappa shape index (κ2) is 6.33. The fourth-order valence-corrected chi connectivity index (χ4v) is 4.82. The van der Waals surface area contributed by atoms with Crippen molar-refractivity contribution in [3.05, 3.63) is 24.3 Å². The molecule has 0 radical (unpaired) electrons. The van der Waals surface area contributed by atoms with Gasteiger partial charge in [-0.15, -0.1) is 11.3 Å². The third kappa shape index (κ3) is 3.10. The van der Waals surface area contributed by atoms with Crippen LogP contribution in [0, 0.1) is 0 Å². The van der Waals surface area contributed by atoms with Gasteiger partial charge in [-0.05, 0) is 38.8 Å². The number of aromatic nitrogens is 1. The van der Waals surface area contributed by atoms with Gasteiger partial charge in [-0.3, -0.25) is 0 Å². The van der Waals surface area contributed by atoms with Gasteiger partial charge in [-0.1, -0.05) is 26.0 Å². The standard InChI is InChI=1S/C15H22N2OS2/c1-5-11-17(15(3,4)6-2)20(18)14-16-12-9-7-8-10-13(12)19-14/h7-10H,5-6,11H2,1-4H3. The maximum atomic E-state index is 12.9. The van der Waals surface area contributed by atoms with Gasteiger partial charge in [0.1, 0.15) is 0 Å². The van der Waals surface area contributed by atoms with Gasteiger partial charge in [0.15, 0.2) is 15.3 Å². The first-order valence-electron chi connectivity index (χ1n) is 7.04. The van der Waals surface area contributed by atoms with Crippen LogP contribution >= 0.6 is 11.3 Å². The Balaban J connectivity index is 2.36. The van der Waals surface area contributed by atoms with Gasteiger partial charge in [-0.25, -0.2) is 13.5 Å². The smallest absolute Gasteiger partial charge is 0.197 e. The largest absolute Gasteiger partial charge is 0.235 e. The maximum Gasteiger partial charge on any atom is 0.197 e. The highest BCUT2D eigenvalue weighted by Gasteiger charge is 2.31. The van der Waals surface area contributed by atoms with Crippen molar-refractivity contribution < 1.29 is 4.21 Å². The molecule has 0 aliphatic carbocycles. The molecule has 0 spiro atoms. The van der Waals surface area contributed by atoms with E-state index in [1.54, 1.807) is 0 Å². The maximum absolute atomic E-state index is 12.9. The number of fused-ring (bicyclic) bond motifs is 1. The number of thiazole rings is 1. The van der Waals surface area contributed by atoms with E-state index >= 15 is 0 Å². The molecule has 1 heterocycles. The predicted molar refractivity (Wildman–Crippen MR) is 87.4 cm³/mol. The quantitative estimate of drug-likeness (QED) is 0.800. The molecule has 0 bridgehead atoms. The van der Waals surface area contributed by atoms with Crippen LogP contribution in [0.5, 0.6) is 0 Å². The normalized spacial score (nSPS) is 14.1. The highest BCUT2D eigenvalue weighted by Crippen LogP contribution is 2.29. The van der Waals surface area contributed by atoms with Crippen molar-refractivity contribution in [2.24, 2.45) is 0 Å². The van der Waals surface area contributed by atoms with Crippen LogP contribution in [0.4, 0.5) is 0 Å². The summed E-state index contributed by atoms with van der Waals surface area (Å²) >= 11 is 1.53. The first-order valence-corrected chi connectivity index (χ1v) is 8.97. The summed E-state index contributed by atoms with van der Waals surface area (Å²) in [6.07, 6.45) is 1.95. The fourth-order valence-electron chi connectivity index (χ4n) is 2.01. The van der Waals surface area contributed by atoms with Crippen LogP contribution in [-0.4, -0.2) is 25.6 Å². The van der Waals surface area contributed by atoms with Crippen molar-refractivity contribution in [1.29, 1.82) is 0 Å². The molecule has 1 aromatic heterocycles. The highest BCUT2D eigenvalue weighted by molar-refractivity contribution is 7.85. The third-order valence-corrected chi connectivity index (χ3v) is 6.57. The van der Waals surface area contributed by atoms with E-state index in [-0.39, 0.29) is 5.54 Å². The van der Waals surface area contributed by atoms with E-state index in [4.69, 9.17) is 0 Å². The minimum absolute atomic E-state index is 0.0846. The summed E-state index contributed by atoms with van der Waals surface area (Å²) in [6.45, 7) is 9.37. The van der Waals surface area contributed by atoms with Gasteiger partial charge in [0.2, 0.25) is 0 Å². The van der Waals surface area contributed by atoms with E-state index in [1.165, 1.54) is 11.3 Å². The minimum Gasteiger partial charge on any atom is -0.235 e. The molecule has 20 heavy (non-hydrogen) atoms. The zero-order valence-electron chi connectivity index (χ0n) is 12.5. The van der Waals surface area contributed by atoms with Crippen LogP contribution in [0.15, 0.2) is 28.6 Å². The number of hydrogen-bond donors (Lipinski definition) is 0. The first-order chi connectivity index (χ1) is 9.49. The van der Waals surface area contributed by atoms with Crippen molar-refractivity contribution in [2.45, 2.75) is 50.4 Å². The molecule has 0 N–H and O–H groups in total. The zero-order chi connectivity index (χ0) is 14.8. The molecule has 1 aromatic carbocycles. The Bertz CT molecular complexity index is 574. The van der Waals surface area contributed by atoms with E-state index in [2.05, 4.69) is 37.0 Å². The molecule has 0 aliphatic heterocycles. The highest BCUT2D eigenvalue weighted by atomic mass is 32.2. The van der Waals surface area contributed by atoms with Crippen LogP contribution < -0.4 is 0 Å². The molecule has 0 saturated heterocycles. The molecule has 110 valence electrons. The molecule has 1 unspecified atom stereocenters. The topological polar surface area (TPSA) is 33.2 Å². The third-order valence-electron chi connectivity index (χ3n) is 3.59. The predicted octanol–water partition coefficient (Wildman–Crippen LogP) is 4.22. The summed E-state index contributed by atoms with van der Waals surface area (Å²) in [5, 5.41) is 0. The molecule has 2 aromatic rings. The lowest BCUT2D eigenvalue weighted by Crippen LogP contribution is -2.44. The first kappa shape index (κ1) is 15.6. The van der Waals surface area contributed by atoms with Crippen LogP contribution in [0.1, 0.15) is 40.5 Å². The number of benzene rings is 1. The summed E-state index contributed by atoms with van der Waals surface area (Å²) in [5.41, 5.74) is 0.852. The van der Waals surface area contributed by atoms with Crippen LogP contribution in [-0.2, 0) is 11.0 Å². The lowest BCUT2D eigenvalue weighted by molar-refractivity contribution is 0.231. The SMILES string of the molecule is CCCN(S(=O)c1nc2ccccc2s1)C(C)(C)CC. The van der Waals surface area contributed by atoms with Crippen molar-refractivity contribution >= 4 is 32.5 Å². The Morgan fingerprint density at radius 2 is 2.00 bits per heavy atom. The Morgan fingerprint density at radius 3 is 2.60 bits per heavy atom. The number of para-hydroxylation sites is 1. The monoisotopic (exact) mass is 310 g/mol. The molecule has 0 saturated carbocycles. The lowest BCUT2D eigenvalue weighted by atomic mass is 10.0. The van der Waals surface area contributed by atoms with Gasteiger partial charge in [0, 0.05) is 12.1 Å². The molecule has 3 nitrogen and oxygen atoms in total. The van der Waals surface area contributed by atoms with Gasteiger partial charge < -0.3 is 0 Å². The fraction of sp³-hybridized carbons (Fsp3) is 0.533. The Labute approximate surface area is 127 Å².